The summed E-state index contributed by atoms with van der Waals surface area (Å²) >= 11 is 1.21. The molecule has 2 aromatic heterocycles. The summed E-state index contributed by atoms with van der Waals surface area (Å²) in [6.07, 6.45) is 2.51. The number of aromatic nitrogens is 2. The van der Waals surface area contributed by atoms with Crippen molar-refractivity contribution in [2.24, 2.45) is 5.92 Å². The number of hydrogen-bond donors (Lipinski definition) is 1. The summed E-state index contributed by atoms with van der Waals surface area (Å²) in [4.78, 5) is 17.8. The molecular formula is C20H20F3N3O2S. The van der Waals surface area contributed by atoms with Crippen LogP contribution in [0.1, 0.15) is 60.7 Å². The average molecular weight is 423 g/mol. The highest BCUT2D eigenvalue weighted by atomic mass is 32.1. The number of amides is 1. The van der Waals surface area contributed by atoms with Gasteiger partial charge in [0.15, 0.2) is 5.82 Å². The predicted molar refractivity (Wildman–Crippen MR) is 102 cm³/mol. The van der Waals surface area contributed by atoms with Crippen molar-refractivity contribution < 1.29 is 22.5 Å². The van der Waals surface area contributed by atoms with Crippen LogP contribution in [0.4, 0.5) is 18.2 Å². The number of alkyl halides is 3. The molecular weight excluding hydrogens is 403 g/mol. The molecule has 1 unspecified atom stereocenters. The van der Waals surface area contributed by atoms with E-state index < -0.39 is 12.1 Å². The summed E-state index contributed by atoms with van der Waals surface area (Å²) < 4.78 is 45.3. The number of thiophene rings is 1. The van der Waals surface area contributed by atoms with Gasteiger partial charge in [-0.25, -0.2) is 0 Å². The molecule has 5 rings (SSSR count). The minimum atomic E-state index is -4.22. The van der Waals surface area contributed by atoms with E-state index in [0.717, 1.165) is 43.2 Å². The zero-order valence-corrected chi connectivity index (χ0v) is 16.5. The van der Waals surface area contributed by atoms with E-state index in [1.54, 1.807) is 0 Å². The fourth-order valence-electron chi connectivity index (χ4n) is 4.08. The van der Waals surface area contributed by atoms with Crippen LogP contribution in [-0.4, -0.2) is 22.2 Å². The fraction of sp³-hybridized carbons (Fsp3) is 0.550. The summed E-state index contributed by atoms with van der Waals surface area (Å²) in [5.41, 5.74) is 2.13. The zero-order chi connectivity index (χ0) is 20.2. The summed E-state index contributed by atoms with van der Waals surface area (Å²) in [5.74, 6) is -0.313. The smallest absolute Gasteiger partial charge is 0.334 e. The molecule has 0 aromatic carbocycles. The van der Waals surface area contributed by atoms with Gasteiger partial charge >= 0.3 is 6.18 Å². The van der Waals surface area contributed by atoms with Gasteiger partial charge in [0.25, 0.3) is 11.8 Å². The van der Waals surface area contributed by atoms with E-state index in [9.17, 15) is 18.0 Å². The van der Waals surface area contributed by atoms with Crippen LogP contribution in [-0.2, 0) is 17.6 Å². The molecule has 0 saturated heterocycles. The molecule has 3 aliphatic carbocycles. The minimum absolute atomic E-state index is 0.0302. The fourth-order valence-corrected chi connectivity index (χ4v) is 5.40. The molecule has 5 nitrogen and oxygen atoms in total. The third-order valence-corrected chi connectivity index (χ3v) is 7.06. The molecule has 0 aliphatic heterocycles. The minimum Gasteiger partial charge on any atom is -0.334 e. The van der Waals surface area contributed by atoms with Gasteiger partial charge in [0.2, 0.25) is 0 Å². The Balaban J connectivity index is 1.51. The van der Waals surface area contributed by atoms with Crippen LogP contribution in [0.3, 0.4) is 0 Å². The predicted octanol–water partition coefficient (Wildman–Crippen LogP) is 5.39. The number of fused-ring (bicyclic) bond motifs is 1. The largest absolute Gasteiger partial charge is 0.392 e. The third-order valence-electron chi connectivity index (χ3n) is 5.89. The molecule has 154 valence electrons. The van der Waals surface area contributed by atoms with Gasteiger partial charge in [-0.05, 0) is 56.9 Å². The average Bonchev–Trinajstić information content (AvgIpc) is 3.10. The van der Waals surface area contributed by atoms with Crippen molar-refractivity contribution in [2.45, 2.75) is 63.5 Å². The maximum absolute atomic E-state index is 13.3. The van der Waals surface area contributed by atoms with E-state index in [1.165, 1.54) is 11.3 Å². The lowest BCUT2D eigenvalue weighted by molar-refractivity contribution is -0.176. The zero-order valence-electron chi connectivity index (χ0n) is 15.6. The van der Waals surface area contributed by atoms with Crippen LogP contribution in [0.2, 0.25) is 0 Å². The first-order chi connectivity index (χ1) is 13.9. The summed E-state index contributed by atoms with van der Waals surface area (Å²) in [6.45, 7) is 0. The van der Waals surface area contributed by atoms with Crippen molar-refractivity contribution in [1.29, 1.82) is 0 Å². The lowest BCUT2D eigenvalue weighted by Crippen LogP contribution is -2.28. The van der Waals surface area contributed by atoms with Crippen molar-refractivity contribution >= 4 is 22.2 Å². The molecule has 1 fully saturated rings. The number of nitrogens with zero attached hydrogens (tertiary/aromatic N) is 2. The molecule has 29 heavy (non-hydrogen) atoms. The maximum atomic E-state index is 13.3. The SMILES string of the molecule is O=C(Nc1sc2c(c1-c1nc(C3CC3)no1)CCC(C(F)(F)F)C2)C1=CCCC1. The number of rotatable bonds is 4. The molecule has 0 radical (unpaired) electrons. The van der Waals surface area contributed by atoms with Crippen LogP contribution >= 0.6 is 11.3 Å². The maximum Gasteiger partial charge on any atom is 0.392 e. The molecule has 0 bridgehead atoms. The van der Waals surface area contributed by atoms with Gasteiger partial charge in [0.05, 0.1) is 11.5 Å². The van der Waals surface area contributed by atoms with Crippen LogP contribution < -0.4 is 5.32 Å². The highest BCUT2D eigenvalue weighted by Crippen LogP contribution is 2.48. The monoisotopic (exact) mass is 423 g/mol. The van der Waals surface area contributed by atoms with Crippen molar-refractivity contribution in [3.8, 4) is 11.5 Å². The quantitative estimate of drug-likeness (QED) is 0.716. The topological polar surface area (TPSA) is 68.0 Å². The Morgan fingerprint density at radius 2 is 2.07 bits per heavy atom. The van der Waals surface area contributed by atoms with E-state index in [0.29, 0.717) is 33.1 Å². The first kappa shape index (κ1) is 18.8. The Hall–Kier alpha value is -2.16. The summed E-state index contributed by atoms with van der Waals surface area (Å²) in [5, 5.41) is 7.48. The number of allylic oxidation sites excluding steroid dienone is 1. The Labute approximate surface area is 169 Å². The molecule has 9 heteroatoms. The van der Waals surface area contributed by atoms with Gasteiger partial charge in [-0.3, -0.25) is 4.79 Å². The van der Waals surface area contributed by atoms with E-state index >= 15 is 0 Å². The van der Waals surface area contributed by atoms with Gasteiger partial charge in [-0.1, -0.05) is 11.2 Å². The summed E-state index contributed by atoms with van der Waals surface area (Å²) in [6, 6.07) is 0. The van der Waals surface area contributed by atoms with Gasteiger partial charge in [-0.15, -0.1) is 11.3 Å². The van der Waals surface area contributed by atoms with Gasteiger partial charge in [-0.2, -0.15) is 18.2 Å². The van der Waals surface area contributed by atoms with Gasteiger partial charge in [0.1, 0.15) is 5.00 Å². The highest BCUT2D eigenvalue weighted by Gasteiger charge is 2.43. The van der Waals surface area contributed by atoms with Crippen LogP contribution in [0.5, 0.6) is 0 Å². The molecule has 1 atom stereocenters. The lowest BCUT2D eigenvalue weighted by atomic mass is 9.86. The second-order valence-corrected chi connectivity index (χ2v) is 9.10. The highest BCUT2D eigenvalue weighted by molar-refractivity contribution is 7.17. The molecule has 2 aromatic rings. The second-order valence-electron chi connectivity index (χ2n) is 8.00. The number of hydrogen-bond acceptors (Lipinski definition) is 5. The number of halogens is 3. The normalized spacial score (nSPS) is 21.8. The van der Waals surface area contributed by atoms with Crippen molar-refractivity contribution in [3.63, 3.8) is 0 Å². The van der Waals surface area contributed by atoms with Crippen LogP contribution in [0.15, 0.2) is 16.2 Å². The van der Waals surface area contributed by atoms with Crippen LogP contribution in [0.25, 0.3) is 11.5 Å². The lowest BCUT2D eigenvalue weighted by Gasteiger charge is -2.24. The molecule has 1 saturated carbocycles. The Morgan fingerprint density at radius 3 is 2.76 bits per heavy atom. The molecule has 1 amide bonds. The van der Waals surface area contributed by atoms with E-state index in [4.69, 9.17) is 4.52 Å². The first-order valence-corrected chi connectivity index (χ1v) is 10.8. The Kier molecular flexibility index (Phi) is 4.53. The Bertz CT molecular complexity index is 988. The summed E-state index contributed by atoms with van der Waals surface area (Å²) in [7, 11) is 0. The molecule has 1 N–H and O–H groups in total. The van der Waals surface area contributed by atoms with Crippen LogP contribution in [0, 0.1) is 5.92 Å². The van der Waals surface area contributed by atoms with Gasteiger partial charge in [0, 0.05) is 16.4 Å². The number of carbonyl (C=O) groups is 1. The van der Waals surface area contributed by atoms with Crippen molar-refractivity contribution in [3.05, 3.63) is 27.9 Å². The van der Waals surface area contributed by atoms with Gasteiger partial charge < -0.3 is 9.84 Å². The number of carbonyl (C=O) groups excluding carboxylic acids is 1. The van der Waals surface area contributed by atoms with E-state index in [2.05, 4.69) is 15.5 Å². The van der Waals surface area contributed by atoms with Crippen molar-refractivity contribution in [2.75, 3.05) is 5.32 Å². The molecule has 3 aliphatic rings. The number of anilines is 1. The third kappa shape index (κ3) is 3.60. The van der Waals surface area contributed by atoms with Crippen molar-refractivity contribution in [1.82, 2.24) is 10.1 Å². The second kappa shape index (κ2) is 6.97. The molecule has 2 heterocycles. The Morgan fingerprint density at radius 1 is 1.24 bits per heavy atom. The first-order valence-electron chi connectivity index (χ1n) is 9.95. The number of nitrogens with one attached hydrogen (secondary N) is 1. The standard InChI is InChI=1S/C20H20F3N3O2S/c21-20(22,23)12-7-8-13-14(9-12)29-19(25-17(27)11-3-1-2-4-11)15(13)18-24-16(26-28-18)10-5-6-10/h3,10,12H,1-2,4-9H2,(H,25,27). The van der Waals surface area contributed by atoms with E-state index in [1.807, 2.05) is 6.08 Å². The van der Waals surface area contributed by atoms with E-state index in [-0.39, 0.29) is 25.2 Å². The molecule has 0 spiro atoms.